The summed E-state index contributed by atoms with van der Waals surface area (Å²) >= 11 is 3.31. The smallest absolute Gasteiger partial charge is 0.227 e. The van der Waals surface area contributed by atoms with Gasteiger partial charge in [0.25, 0.3) is 0 Å². The maximum Gasteiger partial charge on any atom is 0.227 e. The molecule has 0 bridgehead atoms. The maximum atomic E-state index is 13.0. The fourth-order valence-corrected chi connectivity index (χ4v) is 5.26. The van der Waals surface area contributed by atoms with Crippen LogP contribution in [0.1, 0.15) is 50.1 Å². The summed E-state index contributed by atoms with van der Waals surface area (Å²) in [6, 6.07) is 1.95. The van der Waals surface area contributed by atoms with E-state index >= 15 is 0 Å². The Labute approximate surface area is 155 Å². The molecule has 1 atom stereocenters. The van der Waals surface area contributed by atoms with Crippen molar-refractivity contribution in [2.45, 2.75) is 51.7 Å². The molecule has 0 unspecified atom stereocenters. The van der Waals surface area contributed by atoms with Gasteiger partial charge in [-0.2, -0.15) is 4.98 Å². The summed E-state index contributed by atoms with van der Waals surface area (Å²) < 4.78 is 1.91. The second-order valence-electron chi connectivity index (χ2n) is 7.42. The number of rotatable bonds is 3. The molecule has 1 aliphatic heterocycles. The number of thioether (sulfide) groups is 1. The number of thiophene rings is 1. The van der Waals surface area contributed by atoms with Crippen molar-refractivity contribution in [1.82, 2.24) is 14.8 Å². The molecule has 2 aromatic rings. The van der Waals surface area contributed by atoms with E-state index in [0.29, 0.717) is 6.42 Å². The van der Waals surface area contributed by atoms with E-state index in [-0.39, 0.29) is 17.2 Å². The lowest BCUT2D eigenvalue weighted by Crippen LogP contribution is -2.36. The number of hydrogen-bond acceptors (Lipinski definition) is 6. The average Bonchev–Trinajstić information content (AvgIpc) is 3.10. The minimum absolute atomic E-state index is 0.0266. The zero-order chi connectivity index (χ0) is 17.8. The van der Waals surface area contributed by atoms with E-state index in [9.17, 15) is 4.79 Å². The van der Waals surface area contributed by atoms with Gasteiger partial charge in [0.05, 0.1) is 0 Å². The van der Waals surface area contributed by atoms with Crippen LogP contribution in [0.25, 0.3) is 0 Å². The van der Waals surface area contributed by atoms with E-state index in [1.54, 1.807) is 23.1 Å². The molecule has 7 heteroatoms. The Morgan fingerprint density at radius 1 is 1.44 bits per heavy atom. The van der Waals surface area contributed by atoms with Crippen molar-refractivity contribution in [1.29, 1.82) is 0 Å². The Balaban J connectivity index is 1.89. The highest BCUT2D eigenvalue weighted by Crippen LogP contribution is 2.47. The lowest BCUT2D eigenvalue weighted by Gasteiger charge is -2.38. The number of aromatic nitrogens is 3. The molecule has 0 fully saturated rings. The van der Waals surface area contributed by atoms with Crippen LogP contribution in [-0.4, -0.2) is 26.3 Å². The highest BCUT2D eigenvalue weighted by molar-refractivity contribution is 7.99. The number of carbonyl (C=O) groups is 1. The van der Waals surface area contributed by atoms with Crippen molar-refractivity contribution in [3.05, 3.63) is 33.2 Å². The first kappa shape index (κ1) is 16.8. The Morgan fingerprint density at radius 2 is 2.24 bits per heavy atom. The first-order valence-electron chi connectivity index (χ1n) is 8.56. The van der Waals surface area contributed by atoms with Gasteiger partial charge in [0.15, 0.2) is 5.78 Å². The Morgan fingerprint density at radius 3 is 2.92 bits per heavy atom. The van der Waals surface area contributed by atoms with Gasteiger partial charge in [-0.05, 0) is 41.5 Å². The Bertz CT molecular complexity index is 878. The van der Waals surface area contributed by atoms with Gasteiger partial charge < -0.3 is 5.32 Å². The van der Waals surface area contributed by atoms with Crippen molar-refractivity contribution in [3.8, 4) is 0 Å². The maximum absolute atomic E-state index is 13.0. The van der Waals surface area contributed by atoms with Crippen LogP contribution in [0.5, 0.6) is 0 Å². The molecular weight excluding hydrogens is 352 g/mol. The highest BCUT2D eigenvalue weighted by Gasteiger charge is 2.42. The van der Waals surface area contributed by atoms with E-state index in [1.165, 1.54) is 10.4 Å². The van der Waals surface area contributed by atoms with Crippen LogP contribution in [0.4, 0.5) is 5.95 Å². The van der Waals surface area contributed by atoms with Crippen molar-refractivity contribution in [2.24, 2.45) is 5.41 Å². The number of ketones is 1. The molecule has 0 spiro atoms. The van der Waals surface area contributed by atoms with Crippen molar-refractivity contribution in [2.75, 3.05) is 11.1 Å². The molecule has 3 heterocycles. The first-order chi connectivity index (χ1) is 11.9. The molecule has 4 rings (SSSR count). The zero-order valence-corrected chi connectivity index (χ0v) is 16.6. The number of nitrogens with zero attached hydrogens (tertiary/aromatic N) is 3. The van der Waals surface area contributed by atoms with Gasteiger partial charge >= 0.3 is 0 Å². The molecule has 2 aromatic heterocycles. The van der Waals surface area contributed by atoms with E-state index < -0.39 is 0 Å². The van der Waals surface area contributed by atoms with Crippen LogP contribution in [0, 0.1) is 12.3 Å². The fraction of sp³-hybridized carbons (Fsp3) is 0.500. The fourth-order valence-electron chi connectivity index (χ4n) is 3.69. The monoisotopic (exact) mass is 374 g/mol. The highest BCUT2D eigenvalue weighted by atomic mass is 32.2. The first-order valence-corrected chi connectivity index (χ1v) is 10.4. The predicted octanol–water partition coefficient (Wildman–Crippen LogP) is 4.42. The molecule has 0 radical (unpaired) electrons. The number of allylic oxidation sites excluding steroid dienone is 2. The summed E-state index contributed by atoms with van der Waals surface area (Å²) in [6.07, 6.45) is 1.44. The van der Waals surface area contributed by atoms with Crippen molar-refractivity contribution >= 4 is 34.8 Å². The van der Waals surface area contributed by atoms with Gasteiger partial charge in [-0.3, -0.25) is 4.79 Å². The second-order valence-corrected chi connectivity index (χ2v) is 9.60. The predicted molar refractivity (Wildman–Crippen MR) is 102 cm³/mol. The van der Waals surface area contributed by atoms with Gasteiger partial charge in [-0.15, -0.1) is 16.4 Å². The SMILES string of the molecule is CCSc1nc2n(n1)[C@@H](c1sccc1C)C1=C(CC(C)(C)CC1=O)N2. The summed E-state index contributed by atoms with van der Waals surface area (Å²) in [5.74, 6) is 1.89. The molecule has 25 heavy (non-hydrogen) atoms. The number of nitrogens with one attached hydrogen (secondary N) is 1. The minimum atomic E-state index is -0.159. The molecule has 0 amide bonds. The third kappa shape index (κ3) is 2.83. The summed E-state index contributed by atoms with van der Waals surface area (Å²) in [7, 11) is 0. The third-order valence-electron chi connectivity index (χ3n) is 4.74. The van der Waals surface area contributed by atoms with Crippen molar-refractivity contribution < 1.29 is 4.79 Å². The molecule has 0 aromatic carbocycles. The van der Waals surface area contributed by atoms with Crippen LogP contribution < -0.4 is 5.32 Å². The van der Waals surface area contributed by atoms with Gasteiger partial charge in [0.2, 0.25) is 11.1 Å². The van der Waals surface area contributed by atoms with E-state index in [4.69, 9.17) is 5.10 Å². The molecule has 1 N–H and O–H groups in total. The normalized spacial score (nSPS) is 21.8. The second kappa shape index (κ2) is 5.99. The quantitative estimate of drug-likeness (QED) is 0.806. The van der Waals surface area contributed by atoms with Crippen LogP contribution >= 0.6 is 23.1 Å². The standard InChI is InChI=1S/C18H22N4OS2/c1-5-24-17-20-16-19-11-8-18(3,4)9-12(23)13(11)14(22(16)21-17)15-10(2)6-7-25-15/h6-7,14H,5,8-9H2,1-4H3,(H,19,20,21)/t14-/m1/s1. The summed E-state index contributed by atoms with van der Waals surface area (Å²) in [5, 5.41) is 11.0. The molecule has 0 saturated carbocycles. The van der Waals surface area contributed by atoms with E-state index in [1.807, 2.05) is 4.68 Å². The lowest BCUT2D eigenvalue weighted by atomic mass is 9.73. The van der Waals surface area contributed by atoms with Crippen LogP contribution in [0.2, 0.25) is 0 Å². The largest absolute Gasteiger partial charge is 0.328 e. The van der Waals surface area contributed by atoms with Gasteiger partial charge in [0.1, 0.15) is 6.04 Å². The zero-order valence-electron chi connectivity index (χ0n) is 14.9. The summed E-state index contributed by atoms with van der Waals surface area (Å²) in [4.78, 5) is 18.9. The summed E-state index contributed by atoms with van der Waals surface area (Å²) in [6.45, 7) is 8.50. The Kier molecular flexibility index (Phi) is 4.03. The number of carbonyl (C=O) groups excluding carboxylic acids is 1. The Hall–Kier alpha value is -1.60. The summed E-state index contributed by atoms with van der Waals surface area (Å²) in [5.41, 5.74) is 3.07. The molecule has 132 valence electrons. The van der Waals surface area contributed by atoms with E-state index in [0.717, 1.165) is 34.5 Å². The lowest BCUT2D eigenvalue weighted by molar-refractivity contribution is -0.118. The molecule has 0 saturated heterocycles. The molecular formula is C18H22N4OS2. The topological polar surface area (TPSA) is 59.8 Å². The average molecular weight is 375 g/mol. The molecule has 1 aliphatic carbocycles. The van der Waals surface area contributed by atoms with Crippen LogP contribution in [0.15, 0.2) is 27.9 Å². The minimum Gasteiger partial charge on any atom is -0.328 e. The van der Waals surface area contributed by atoms with Crippen LogP contribution in [0.3, 0.4) is 0 Å². The van der Waals surface area contributed by atoms with Gasteiger partial charge in [-0.25, -0.2) is 4.68 Å². The number of hydrogen-bond donors (Lipinski definition) is 1. The number of fused-ring (bicyclic) bond motifs is 1. The van der Waals surface area contributed by atoms with E-state index in [2.05, 4.69) is 49.4 Å². The number of aryl methyl sites for hydroxylation is 1. The van der Waals surface area contributed by atoms with Crippen molar-refractivity contribution in [3.63, 3.8) is 0 Å². The molecule has 2 aliphatic rings. The van der Waals surface area contributed by atoms with Gasteiger partial charge in [0, 0.05) is 22.6 Å². The number of anilines is 1. The molecule has 5 nitrogen and oxygen atoms in total. The number of Topliss-reactive ketones (excluding diaryl/α,β-unsaturated/α-hetero) is 1. The van der Waals surface area contributed by atoms with Gasteiger partial charge in [-0.1, -0.05) is 32.5 Å². The van der Waals surface area contributed by atoms with Crippen LogP contribution in [-0.2, 0) is 4.79 Å². The third-order valence-corrected chi connectivity index (χ3v) is 6.53.